The Bertz CT molecular complexity index is 452. The molecule has 5 nitrogen and oxygen atoms in total. The third-order valence-corrected chi connectivity index (χ3v) is 3.96. The van der Waals surface area contributed by atoms with Gasteiger partial charge < -0.3 is 9.26 Å². The van der Waals surface area contributed by atoms with Crippen LogP contribution in [-0.4, -0.2) is 27.5 Å². The van der Waals surface area contributed by atoms with Crippen LogP contribution in [0.2, 0.25) is 0 Å². The van der Waals surface area contributed by atoms with E-state index in [2.05, 4.69) is 44.8 Å². The molecule has 0 amide bonds. The fourth-order valence-corrected chi connectivity index (χ4v) is 2.44. The molecule has 0 aliphatic rings. The molecule has 0 spiro atoms. The Hall–Kier alpha value is -1.04. The Morgan fingerprint density at radius 3 is 2.57 bits per heavy atom. The van der Waals surface area contributed by atoms with Crippen molar-refractivity contribution in [2.24, 2.45) is 5.92 Å². The second-order valence-corrected chi connectivity index (χ2v) is 8.19. The van der Waals surface area contributed by atoms with E-state index >= 15 is 0 Å². The summed E-state index contributed by atoms with van der Waals surface area (Å²) in [6, 6.07) is 0. The quantitative estimate of drug-likeness (QED) is 0.713. The minimum atomic E-state index is -0.467. The Labute approximate surface area is 131 Å². The molecule has 1 aromatic rings. The van der Waals surface area contributed by atoms with Crippen LogP contribution in [0, 0.1) is 5.92 Å². The van der Waals surface area contributed by atoms with Gasteiger partial charge in [0.05, 0.1) is 12.4 Å². The summed E-state index contributed by atoms with van der Waals surface area (Å²) < 4.78 is 10.5. The third kappa shape index (κ3) is 6.50. The number of carbonyl (C=O) groups excluding carboxylic acids is 1. The second kappa shape index (κ2) is 7.82. The molecular weight excluding hydrogens is 288 g/mol. The maximum Gasteiger partial charge on any atom is 0.318 e. The molecule has 0 bridgehead atoms. The van der Waals surface area contributed by atoms with E-state index in [-0.39, 0.29) is 10.7 Å². The molecule has 0 aliphatic carbocycles. The molecular formula is C15H26N2O3S. The number of nitrogens with zero attached hydrogens (tertiary/aromatic N) is 2. The summed E-state index contributed by atoms with van der Waals surface area (Å²) in [5.41, 5.74) is 0. The molecule has 0 saturated heterocycles. The minimum absolute atomic E-state index is 0.138. The predicted octanol–water partition coefficient (Wildman–Crippen LogP) is 3.79. The van der Waals surface area contributed by atoms with E-state index in [9.17, 15) is 4.79 Å². The number of hydrogen-bond donors (Lipinski definition) is 0. The topological polar surface area (TPSA) is 65.2 Å². The van der Waals surface area contributed by atoms with Gasteiger partial charge in [0.15, 0.2) is 5.82 Å². The Kier molecular flexibility index (Phi) is 6.71. The van der Waals surface area contributed by atoms with Crippen LogP contribution < -0.4 is 0 Å². The zero-order valence-corrected chi connectivity index (χ0v) is 14.6. The maximum atomic E-state index is 12.1. The Morgan fingerprint density at radius 1 is 1.38 bits per heavy atom. The van der Waals surface area contributed by atoms with Crippen molar-refractivity contribution >= 4 is 17.7 Å². The molecule has 21 heavy (non-hydrogen) atoms. The monoisotopic (exact) mass is 314 g/mol. The van der Waals surface area contributed by atoms with Gasteiger partial charge in [-0.2, -0.15) is 4.98 Å². The number of rotatable bonds is 7. The first-order valence-corrected chi connectivity index (χ1v) is 8.34. The van der Waals surface area contributed by atoms with E-state index in [1.165, 1.54) is 0 Å². The summed E-state index contributed by atoms with van der Waals surface area (Å²) >= 11 is 1.74. The zero-order chi connectivity index (χ0) is 16.0. The molecule has 0 fully saturated rings. The van der Waals surface area contributed by atoms with Gasteiger partial charge in [-0.05, 0) is 19.3 Å². The van der Waals surface area contributed by atoms with Crippen molar-refractivity contribution in [1.82, 2.24) is 10.1 Å². The molecule has 0 radical (unpaired) electrons. The van der Waals surface area contributed by atoms with Crippen molar-refractivity contribution in [2.45, 2.75) is 64.4 Å². The molecule has 120 valence electrons. The first kappa shape index (κ1) is 18.0. The number of thioether (sulfide) groups is 1. The lowest BCUT2D eigenvalue weighted by molar-refractivity contribution is -0.146. The van der Waals surface area contributed by atoms with Gasteiger partial charge in [-0.15, -0.1) is 11.8 Å². The number of ether oxygens (including phenoxy) is 1. The zero-order valence-electron chi connectivity index (χ0n) is 13.8. The van der Waals surface area contributed by atoms with Gasteiger partial charge in [0.1, 0.15) is 5.92 Å². The minimum Gasteiger partial charge on any atom is -0.465 e. The molecule has 0 N–H and O–H groups in total. The summed E-state index contributed by atoms with van der Waals surface area (Å²) in [6.07, 6.45) is 0.646. The normalized spacial score (nSPS) is 13.5. The van der Waals surface area contributed by atoms with E-state index in [0.29, 0.717) is 36.4 Å². The van der Waals surface area contributed by atoms with Crippen LogP contribution in [0.3, 0.4) is 0 Å². The summed E-state index contributed by atoms with van der Waals surface area (Å²) in [5, 5.41) is 3.98. The molecule has 0 aliphatic heterocycles. The van der Waals surface area contributed by atoms with Crippen LogP contribution in [0.4, 0.5) is 0 Å². The van der Waals surface area contributed by atoms with Crippen LogP contribution in [0.15, 0.2) is 4.52 Å². The van der Waals surface area contributed by atoms with Crippen molar-refractivity contribution in [3.63, 3.8) is 0 Å². The second-order valence-electron chi connectivity index (χ2n) is 6.38. The smallest absolute Gasteiger partial charge is 0.318 e. The van der Waals surface area contributed by atoms with E-state index in [4.69, 9.17) is 9.26 Å². The summed E-state index contributed by atoms with van der Waals surface area (Å²) in [5.74, 6) is 1.26. The lowest BCUT2D eigenvalue weighted by atomic mass is 9.97. The van der Waals surface area contributed by atoms with Crippen molar-refractivity contribution in [1.29, 1.82) is 0 Å². The lowest BCUT2D eigenvalue weighted by Gasteiger charge is -2.15. The van der Waals surface area contributed by atoms with E-state index in [1.807, 2.05) is 0 Å². The average molecular weight is 314 g/mol. The number of carbonyl (C=O) groups is 1. The van der Waals surface area contributed by atoms with E-state index in [0.717, 1.165) is 0 Å². The van der Waals surface area contributed by atoms with Crippen molar-refractivity contribution < 1.29 is 14.1 Å². The van der Waals surface area contributed by atoms with Gasteiger partial charge >= 0.3 is 5.97 Å². The molecule has 1 heterocycles. The number of hydrogen-bond acceptors (Lipinski definition) is 6. The van der Waals surface area contributed by atoms with Crippen LogP contribution >= 0.6 is 11.8 Å². The largest absolute Gasteiger partial charge is 0.465 e. The summed E-state index contributed by atoms with van der Waals surface area (Å²) in [4.78, 5) is 16.4. The highest BCUT2D eigenvalue weighted by Crippen LogP contribution is 2.28. The van der Waals surface area contributed by atoms with Crippen molar-refractivity contribution in [3.05, 3.63) is 11.7 Å². The van der Waals surface area contributed by atoms with Crippen LogP contribution in [0.5, 0.6) is 0 Å². The Balaban J connectivity index is 2.79. The van der Waals surface area contributed by atoms with Gasteiger partial charge in [0, 0.05) is 4.75 Å². The van der Waals surface area contributed by atoms with Crippen LogP contribution in [-0.2, 0) is 15.3 Å². The highest BCUT2D eigenvalue weighted by atomic mass is 32.2. The fourth-order valence-electron chi connectivity index (χ4n) is 1.76. The van der Waals surface area contributed by atoms with Gasteiger partial charge in [-0.3, -0.25) is 4.79 Å². The molecule has 1 rings (SSSR count). The molecule has 6 heteroatoms. The standard InChI is InChI=1S/C15H26N2O3S/c1-7-19-14(18)11(8-10(2)3)13-16-12(17-20-13)9-21-15(4,5)6/h10-11H,7-9H2,1-6H3. The van der Waals surface area contributed by atoms with Gasteiger partial charge in [0.25, 0.3) is 0 Å². The molecule has 0 aromatic carbocycles. The molecule has 0 saturated carbocycles. The van der Waals surface area contributed by atoms with E-state index in [1.54, 1.807) is 18.7 Å². The highest BCUT2D eigenvalue weighted by Gasteiger charge is 2.29. The number of aromatic nitrogens is 2. The average Bonchev–Trinajstić information content (AvgIpc) is 2.81. The summed E-state index contributed by atoms with van der Waals surface area (Å²) in [6.45, 7) is 12.7. The third-order valence-electron chi connectivity index (χ3n) is 2.69. The van der Waals surface area contributed by atoms with Crippen LogP contribution in [0.1, 0.15) is 65.6 Å². The number of esters is 1. The van der Waals surface area contributed by atoms with Crippen molar-refractivity contribution in [3.8, 4) is 0 Å². The lowest BCUT2D eigenvalue weighted by Crippen LogP contribution is -2.18. The summed E-state index contributed by atoms with van der Waals surface area (Å²) in [7, 11) is 0. The SMILES string of the molecule is CCOC(=O)C(CC(C)C)c1nc(CSC(C)(C)C)no1. The first-order chi connectivity index (χ1) is 9.73. The molecule has 1 unspecified atom stereocenters. The maximum absolute atomic E-state index is 12.1. The fraction of sp³-hybridized carbons (Fsp3) is 0.800. The predicted molar refractivity (Wildman–Crippen MR) is 84.2 cm³/mol. The molecule has 1 aromatic heterocycles. The first-order valence-electron chi connectivity index (χ1n) is 7.36. The van der Waals surface area contributed by atoms with Gasteiger partial charge in [0.2, 0.25) is 5.89 Å². The Morgan fingerprint density at radius 2 is 2.05 bits per heavy atom. The van der Waals surface area contributed by atoms with Crippen molar-refractivity contribution in [2.75, 3.05) is 6.61 Å². The highest BCUT2D eigenvalue weighted by molar-refractivity contribution is 7.99. The van der Waals surface area contributed by atoms with Gasteiger partial charge in [-0.1, -0.05) is 39.8 Å². The van der Waals surface area contributed by atoms with Crippen LogP contribution in [0.25, 0.3) is 0 Å². The van der Waals surface area contributed by atoms with Gasteiger partial charge in [-0.25, -0.2) is 0 Å². The van der Waals surface area contributed by atoms with E-state index < -0.39 is 5.92 Å². The molecule has 1 atom stereocenters.